The van der Waals surface area contributed by atoms with Gasteiger partial charge in [0, 0.05) is 31.6 Å². The number of nitrogens with zero attached hydrogens (tertiary/aromatic N) is 2. The van der Waals surface area contributed by atoms with Crippen molar-refractivity contribution in [1.29, 1.82) is 0 Å². The molecule has 0 saturated carbocycles. The maximum Gasteiger partial charge on any atom is 0.317 e. The van der Waals surface area contributed by atoms with Gasteiger partial charge in [-0.05, 0) is 50.6 Å². The van der Waals surface area contributed by atoms with Crippen LogP contribution in [0.25, 0.3) is 0 Å². The number of urea groups is 1. The Morgan fingerprint density at radius 3 is 2.77 bits per heavy atom. The van der Waals surface area contributed by atoms with E-state index in [1.54, 1.807) is 25.1 Å². The van der Waals surface area contributed by atoms with Gasteiger partial charge in [-0.1, -0.05) is 19.1 Å². The first-order valence-electron chi connectivity index (χ1n) is 9.37. The van der Waals surface area contributed by atoms with E-state index in [-0.39, 0.29) is 17.2 Å². The SMILES string of the molecule is CCS(=O)(=O)c1cccc(CNC(=O)N2CCC3(CCCN(C)C3)C2)c1. The zero-order valence-corrected chi connectivity index (χ0v) is 16.5. The molecule has 3 rings (SSSR count). The van der Waals surface area contributed by atoms with Crippen LogP contribution in [-0.2, 0) is 16.4 Å². The number of hydrogen-bond acceptors (Lipinski definition) is 4. The molecule has 1 unspecified atom stereocenters. The third-order valence-electron chi connectivity index (χ3n) is 5.66. The topological polar surface area (TPSA) is 69.7 Å². The lowest BCUT2D eigenvalue weighted by atomic mass is 9.79. The molecule has 1 N–H and O–H groups in total. The molecular weight excluding hydrogens is 350 g/mol. The lowest BCUT2D eigenvalue weighted by molar-refractivity contribution is 0.115. The van der Waals surface area contributed by atoms with Gasteiger partial charge in [0.15, 0.2) is 9.84 Å². The van der Waals surface area contributed by atoms with Gasteiger partial charge >= 0.3 is 6.03 Å². The molecule has 2 aliphatic heterocycles. The van der Waals surface area contributed by atoms with Crippen LogP contribution < -0.4 is 5.32 Å². The summed E-state index contributed by atoms with van der Waals surface area (Å²) in [6.07, 6.45) is 3.46. The van der Waals surface area contributed by atoms with Crippen LogP contribution in [0.4, 0.5) is 4.79 Å². The van der Waals surface area contributed by atoms with Gasteiger partial charge in [-0.25, -0.2) is 13.2 Å². The van der Waals surface area contributed by atoms with Crippen molar-refractivity contribution < 1.29 is 13.2 Å². The molecule has 2 saturated heterocycles. The Bertz CT molecular complexity index is 765. The molecule has 0 aliphatic carbocycles. The number of sulfone groups is 1. The van der Waals surface area contributed by atoms with Gasteiger partial charge < -0.3 is 15.1 Å². The Hall–Kier alpha value is -1.60. The molecule has 7 heteroatoms. The predicted molar refractivity (Wildman–Crippen MR) is 102 cm³/mol. The summed E-state index contributed by atoms with van der Waals surface area (Å²) in [5.41, 5.74) is 1.05. The quantitative estimate of drug-likeness (QED) is 0.870. The summed E-state index contributed by atoms with van der Waals surface area (Å²) in [5, 5.41) is 2.95. The van der Waals surface area contributed by atoms with E-state index in [0.717, 1.165) is 38.2 Å². The lowest BCUT2D eigenvalue weighted by Gasteiger charge is -2.38. The van der Waals surface area contributed by atoms with Crippen molar-refractivity contribution >= 4 is 15.9 Å². The van der Waals surface area contributed by atoms with E-state index in [0.29, 0.717) is 11.4 Å². The van der Waals surface area contributed by atoms with E-state index in [1.807, 2.05) is 11.0 Å². The monoisotopic (exact) mass is 379 g/mol. The fraction of sp³-hybridized carbons (Fsp3) is 0.632. The van der Waals surface area contributed by atoms with Crippen molar-refractivity contribution in [2.45, 2.75) is 37.6 Å². The number of amides is 2. The van der Waals surface area contributed by atoms with Crippen LogP contribution in [-0.4, -0.2) is 63.2 Å². The maximum absolute atomic E-state index is 12.5. The highest BCUT2D eigenvalue weighted by atomic mass is 32.2. The summed E-state index contributed by atoms with van der Waals surface area (Å²) in [7, 11) is -1.07. The van der Waals surface area contributed by atoms with Gasteiger partial charge in [-0.15, -0.1) is 0 Å². The number of hydrogen-bond donors (Lipinski definition) is 1. The van der Waals surface area contributed by atoms with E-state index < -0.39 is 9.84 Å². The first-order chi connectivity index (χ1) is 12.3. The maximum atomic E-state index is 12.5. The van der Waals surface area contributed by atoms with Crippen molar-refractivity contribution in [2.24, 2.45) is 5.41 Å². The van der Waals surface area contributed by atoms with Crippen molar-refractivity contribution in [3.63, 3.8) is 0 Å². The zero-order valence-electron chi connectivity index (χ0n) is 15.7. The zero-order chi connectivity index (χ0) is 18.8. The molecule has 2 fully saturated rings. The molecular formula is C19H29N3O3S. The number of likely N-dealkylation sites (tertiary alicyclic amines) is 2. The minimum absolute atomic E-state index is 0.0566. The van der Waals surface area contributed by atoms with Crippen LogP contribution in [0.3, 0.4) is 0 Å². The van der Waals surface area contributed by atoms with Crippen LogP contribution in [0.15, 0.2) is 29.2 Å². The molecule has 2 aliphatic rings. The van der Waals surface area contributed by atoms with Crippen LogP contribution in [0.2, 0.25) is 0 Å². The predicted octanol–water partition coefficient (Wildman–Crippen LogP) is 2.11. The number of piperidine rings is 1. The summed E-state index contributed by atoms with van der Waals surface area (Å²) < 4.78 is 24.0. The molecule has 2 amide bonds. The Kier molecular flexibility index (Phi) is 5.58. The van der Waals surface area contributed by atoms with Gasteiger partial charge in [0.2, 0.25) is 0 Å². The van der Waals surface area contributed by atoms with Crippen molar-refractivity contribution in [1.82, 2.24) is 15.1 Å². The standard InChI is InChI=1S/C19H29N3O3S/c1-3-26(24,25)17-7-4-6-16(12-17)13-20-18(23)22-11-9-19(15-22)8-5-10-21(2)14-19/h4,6-7,12H,3,5,8-11,13-15H2,1-2H3,(H,20,23). The van der Waals surface area contributed by atoms with Crippen LogP contribution in [0.1, 0.15) is 31.7 Å². The molecule has 1 spiro atoms. The van der Waals surface area contributed by atoms with E-state index >= 15 is 0 Å². The second-order valence-corrected chi connectivity index (χ2v) is 10.0. The Balaban J connectivity index is 1.57. The number of rotatable bonds is 4. The molecule has 1 atom stereocenters. The van der Waals surface area contributed by atoms with E-state index in [4.69, 9.17) is 0 Å². The fourth-order valence-corrected chi connectivity index (χ4v) is 5.15. The molecule has 1 aromatic rings. The average molecular weight is 380 g/mol. The normalized spacial score (nSPS) is 24.2. The summed E-state index contributed by atoms with van der Waals surface area (Å²) >= 11 is 0. The van der Waals surface area contributed by atoms with Gasteiger partial charge in [-0.2, -0.15) is 0 Å². The van der Waals surface area contributed by atoms with Crippen LogP contribution in [0.5, 0.6) is 0 Å². The number of carbonyl (C=O) groups is 1. The third-order valence-corrected chi connectivity index (χ3v) is 7.39. The third kappa shape index (κ3) is 4.20. The summed E-state index contributed by atoms with van der Waals surface area (Å²) in [6.45, 7) is 5.79. The lowest BCUT2D eigenvalue weighted by Crippen LogP contribution is -2.45. The first-order valence-corrected chi connectivity index (χ1v) is 11.0. The van der Waals surface area contributed by atoms with Gasteiger partial charge in [0.1, 0.15) is 0 Å². The average Bonchev–Trinajstić information content (AvgIpc) is 3.03. The van der Waals surface area contributed by atoms with Gasteiger partial charge in [0.25, 0.3) is 0 Å². The van der Waals surface area contributed by atoms with E-state index in [2.05, 4.69) is 17.3 Å². The Labute approximate surface area is 156 Å². The second kappa shape index (κ2) is 7.56. The molecule has 0 aromatic heterocycles. The van der Waals surface area contributed by atoms with Gasteiger partial charge in [0.05, 0.1) is 10.6 Å². The summed E-state index contributed by atoms with van der Waals surface area (Å²) in [4.78, 5) is 17.1. The first kappa shape index (κ1) is 19.2. The molecule has 144 valence electrons. The fourth-order valence-electron chi connectivity index (χ4n) is 4.20. The van der Waals surface area contributed by atoms with Crippen molar-refractivity contribution in [3.8, 4) is 0 Å². The highest BCUT2D eigenvalue weighted by Gasteiger charge is 2.41. The van der Waals surface area contributed by atoms with Crippen LogP contribution >= 0.6 is 0 Å². The largest absolute Gasteiger partial charge is 0.334 e. The minimum Gasteiger partial charge on any atom is -0.334 e. The molecule has 6 nitrogen and oxygen atoms in total. The van der Waals surface area contributed by atoms with Crippen molar-refractivity contribution in [3.05, 3.63) is 29.8 Å². The summed E-state index contributed by atoms with van der Waals surface area (Å²) in [5.74, 6) is 0.0765. The molecule has 0 radical (unpaired) electrons. The number of carbonyl (C=O) groups excluding carboxylic acids is 1. The number of nitrogens with one attached hydrogen (secondary N) is 1. The highest BCUT2D eigenvalue weighted by molar-refractivity contribution is 7.91. The second-order valence-electron chi connectivity index (χ2n) is 7.72. The van der Waals surface area contributed by atoms with Crippen molar-refractivity contribution in [2.75, 3.05) is 39.0 Å². The van der Waals surface area contributed by atoms with E-state index in [9.17, 15) is 13.2 Å². The highest BCUT2D eigenvalue weighted by Crippen LogP contribution is 2.38. The van der Waals surface area contributed by atoms with E-state index in [1.165, 1.54) is 12.8 Å². The summed E-state index contributed by atoms with van der Waals surface area (Å²) in [6, 6.07) is 6.77. The van der Waals surface area contributed by atoms with Gasteiger partial charge in [-0.3, -0.25) is 0 Å². The molecule has 26 heavy (non-hydrogen) atoms. The molecule has 0 bridgehead atoms. The Morgan fingerprint density at radius 1 is 1.23 bits per heavy atom. The smallest absolute Gasteiger partial charge is 0.317 e. The minimum atomic E-state index is -3.23. The molecule has 2 heterocycles. The molecule has 1 aromatic carbocycles. The number of benzene rings is 1. The van der Waals surface area contributed by atoms with Crippen LogP contribution in [0, 0.1) is 5.41 Å². The Morgan fingerprint density at radius 2 is 2.04 bits per heavy atom.